The van der Waals surface area contributed by atoms with Gasteiger partial charge >= 0.3 is 12.1 Å². The van der Waals surface area contributed by atoms with Crippen molar-refractivity contribution in [2.45, 2.75) is 44.0 Å². The Kier molecular flexibility index (Phi) is 6.28. The summed E-state index contributed by atoms with van der Waals surface area (Å²) in [6.07, 6.45) is -5.91. The lowest BCUT2D eigenvalue weighted by Gasteiger charge is -2.25. The first-order chi connectivity index (χ1) is 7.65. The first-order valence-corrected chi connectivity index (χ1v) is 5.08. The smallest absolute Gasteiger partial charge is 0.394 e. The van der Waals surface area contributed by atoms with E-state index in [-0.39, 0.29) is 0 Å². The van der Waals surface area contributed by atoms with Crippen LogP contribution < -0.4 is 5.73 Å². The number of aliphatic hydroxyl groups is 1. The summed E-state index contributed by atoms with van der Waals surface area (Å²) in [6.45, 7) is -0.771. The van der Waals surface area contributed by atoms with E-state index in [1.165, 1.54) is 0 Å². The highest BCUT2D eigenvalue weighted by molar-refractivity contribution is 4.78. The van der Waals surface area contributed by atoms with Gasteiger partial charge in [0.15, 0.2) is 0 Å². The third kappa shape index (κ3) is 5.13. The Morgan fingerprint density at radius 1 is 1.24 bits per heavy atom. The molecular formula is C9H16F5NO2. The van der Waals surface area contributed by atoms with Crippen LogP contribution in [0.5, 0.6) is 0 Å². The standard InChI is InChI=1S/C9H16F5NO2/c1-2-3-6(15)7(4-16)17-5-8(10,11)9(12,13)14/h6-7,16H,2-5,15H2,1H3. The van der Waals surface area contributed by atoms with Gasteiger partial charge in [-0.1, -0.05) is 13.3 Å². The lowest BCUT2D eigenvalue weighted by Crippen LogP contribution is -2.46. The van der Waals surface area contributed by atoms with E-state index in [9.17, 15) is 22.0 Å². The molecule has 0 rings (SSSR count). The van der Waals surface area contributed by atoms with Crippen LogP contribution in [-0.2, 0) is 4.74 Å². The molecule has 0 aliphatic heterocycles. The Balaban J connectivity index is 4.33. The van der Waals surface area contributed by atoms with Gasteiger partial charge in [-0.05, 0) is 6.42 Å². The number of hydrogen-bond acceptors (Lipinski definition) is 3. The summed E-state index contributed by atoms with van der Waals surface area (Å²) in [6, 6.07) is -0.769. The molecule has 3 nitrogen and oxygen atoms in total. The topological polar surface area (TPSA) is 55.5 Å². The number of alkyl halides is 5. The average Bonchev–Trinajstić information content (AvgIpc) is 2.17. The van der Waals surface area contributed by atoms with Gasteiger partial charge < -0.3 is 15.6 Å². The first kappa shape index (κ1) is 16.5. The zero-order valence-corrected chi connectivity index (χ0v) is 9.31. The van der Waals surface area contributed by atoms with Crippen molar-refractivity contribution < 1.29 is 31.8 Å². The summed E-state index contributed by atoms with van der Waals surface area (Å²) in [4.78, 5) is 0. The molecule has 0 aromatic carbocycles. The third-order valence-corrected chi connectivity index (χ3v) is 2.17. The minimum atomic E-state index is -5.66. The van der Waals surface area contributed by atoms with Crippen molar-refractivity contribution in [3.8, 4) is 0 Å². The molecule has 0 aliphatic rings. The van der Waals surface area contributed by atoms with Gasteiger partial charge in [-0.2, -0.15) is 22.0 Å². The summed E-state index contributed by atoms with van der Waals surface area (Å²) >= 11 is 0. The Bertz CT molecular complexity index is 222. The number of ether oxygens (including phenoxy) is 1. The highest BCUT2D eigenvalue weighted by Gasteiger charge is 2.57. The van der Waals surface area contributed by atoms with E-state index in [4.69, 9.17) is 10.8 Å². The van der Waals surface area contributed by atoms with Crippen LogP contribution in [0.1, 0.15) is 19.8 Å². The second-order valence-electron chi connectivity index (χ2n) is 3.69. The van der Waals surface area contributed by atoms with Gasteiger partial charge in [0.25, 0.3) is 0 Å². The lowest BCUT2D eigenvalue weighted by molar-refractivity contribution is -0.301. The molecule has 0 aromatic rings. The van der Waals surface area contributed by atoms with Gasteiger partial charge in [0.1, 0.15) is 6.61 Å². The van der Waals surface area contributed by atoms with Gasteiger partial charge in [-0.3, -0.25) is 0 Å². The molecular weight excluding hydrogens is 249 g/mol. The van der Waals surface area contributed by atoms with Crippen molar-refractivity contribution >= 4 is 0 Å². The first-order valence-electron chi connectivity index (χ1n) is 5.08. The molecule has 104 valence electrons. The fourth-order valence-electron chi connectivity index (χ4n) is 1.12. The zero-order chi connectivity index (χ0) is 13.7. The maximum absolute atomic E-state index is 12.5. The van der Waals surface area contributed by atoms with Crippen LogP contribution in [0.4, 0.5) is 22.0 Å². The number of hydrogen-bond donors (Lipinski definition) is 2. The van der Waals surface area contributed by atoms with Crippen LogP contribution in [0.2, 0.25) is 0 Å². The minimum absolute atomic E-state index is 0.364. The van der Waals surface area contributed by atoms with Gasteiger partial charge in [-0.25, -0.2) is 0 Å². The molecule has 3 N–H and O–H groups in total. The number of rotatable bonds is 7. The van der Waals surface area contributed by atoms with Gasteiger partial charge in [-0.15, -0.1) is 0 Å². The quantitative estimate of drug-likeness (QED) is 0.689. The number of halogens is 5. The predicted molar refractivity (Wildman–Crippen MR) is 50.7 cm³/mol. The summed E-state index contributed by atoms with van der Waals surface area (Å²) in [7, 11) is 0. The molecule has 0 aromatic heterocycles. The second-order valence-corrected chi connectivity index (χ2v) is 3.69. The van der Waals surface area contributed by atoms with E-state index in [2.05, 4.69) is 4.74 Å². The Labute approximate surface area is 95.7 Å². The van der Waals surface area contributed by atoms with Crippen LogP contribution in [0, 0.1) is 0 Å². The summed E-state index contributed by atoms with van der Waals surface area (Å²) in [5.74, 6) is -4.94. The van der Waals surface area contributed by atoms with E-state index in [1.54, 1.807) is 6.92 Å². The molecule has 0 radical (unpaired) electrons. The van der Waals surface area contributed by atoms with E-state index in [0.29, 0.717) is 12.8 Å². The van der Waals surface area contributed by atoms with E-state index in [0.717, 1.165) is 0 Å². The fraction of sp³-hybridized carbons (Fsp3) is 1.00. The van der Waals surface area contributed by atoms with Gasteiger partial charge in [0.05, 0.1) is 12.7 Å². The van der Waals surface area contributed by atoms with Crippen molar-refractivity contribution in [3.63, 3.8) is 0 Å². The van der Waals surface area contributed by atoms with Crippen LogP contribution >= 0.6 is 0 Å². The Morgan fingerprint density at radius 2 is 1.76 bits per heavy atom. The van der Waals surface area contributed by atoms with Crippen molar-refractivity contribution in [1.82, 2.24) is 0 Å². The lowest BCUT2D eigenvalue weighted by atomic mass is 10.1. The molecule has 0 saturated heterocycles. The van der Waals surface area contributed by atoms with E-state index >= 15 is 0 Å². The Morgan fingerprint density at radius 3 is 2.12 bits per heavy atom. The van der Waals surface area contributed by atoms with Crippen LogP contribution in [-0.4, -0.2) is 42.6 Å². The zero-order valence-electron chi connectivity index (χ0n) is 9.31. The number of aliphatic hydroxyl groups excluding tert-OH is 1. The molecule has 2 atom stereocenters. The molecule has 0 fully saturated rings. The van der Waals surface area contributed by atoms with Crippen LogP contribution in [0.25, 0.3) is 0 Å². The monoisotopic (exact) mass is 265 g/mol. The average molecular weight is 265 g/mol. The molecule has 0 heterocycles. The van der Waals surface area contributed by atoms with Crippen molar-refractivity contribution in [1.29, 1.82) is 0 Å². The Hall–Kier alpha value is -0.470. The normalized spacial score (nSPS) is 16.9. The highest BCUT2D eigenvalue weighted by Crippen LogP contribution is 2.35. The molecule has 17 heavy (non-hydrogen) atoms. The molecule has 0 amide bonds. The maximum Gasteiger partial charge on any atom is 0.455 e. The number of nitrogens with two attached hydrogens (primary N) is 1. The summed E-state index contributed by atoms with van der Waals surface area (Å²) in [5, 5.41) is 8.79. The summed E-state index contributed by atoms with van der Waals surface area (Å²) in [5.41, 5.74) is 5.47. The van der Waals surface area contributed by atoms with E-state index in [1.807, 2.05) is 0 Å². The summed E-state index contributed by atoms with van der Waals surface area (Å²) < 4.78 is 64.8. The van der Waals surface area contributed by atoms with Crippen LogP contribution in [0.15, 0.2) is 0 Å². The van der Waals surface area contributed by atoms with Crippen molar-refractivity contribution in [3.05, 3.63) is 0 Å². The largest absolute Gasteiger partial charge is 0.455 e. The molecule has 0 spiro atoms. The minimum Gasteiger partial charge on any atom is -0.394 e. The molecule has 2 unspecified atom stereocenters. The molecule has 0 aliphatic carbocycles. The third-order valence-electron chi connectivity index (χ3n) is 2.17. The van der Waals surface area contributed by atoms with Crippen LogP contribution in [0.3, 0.4) is 0 Å². The molecule has 0 saturated carbocycles. The predicted octanol–water partition coefficient (Wildman–Crippen LogP) is 1.69. The van der Waals surface area contributed by atoms with Crippen molar-refractivity contribution in [2.75, 3.05) is 13.2 Å². The highest BCUT2D eigenvalue weighted by atomic mass is 19.4. The van der Waals surface area contributed by atoms with Crippen molar-refractivity contribution in [2.24, 2.45) is 5.73 Å². The second kappa shape index (κ2) is 6.46. The SMILES string of the molecule is CCCC(N)C(CO)OCC(F)(F)C(F)(F)F. The maximum atomic E-state index is 12.5. The molecule has 0 bridgehead atoms. The fourth-order valence-corrected chi connectivity index (χ4v) is 1.12. The van der Waals surface area contributed by atoms with Gasteiger partial charge in [0, 0.05) is 6.04 Å². The van der Waals surface area contributed by atoms with E-state index < -0.39 is 37.5 Å². The molecule has 8 heteroatoms. The van der Waals surface area contributed by atoms with Gasteiger partial charge in [0.2, 0.25) is 0 Å².